The minimum absolute atomic E-state index is 0.477. The highest BCUT2D eigenvalue weighted by Gasteiger charge is 2.29. The van der Waals surface area contributed by atoms with Crippen LogP contribution in [-0.4, -0.2) is 24.3 Å². The van der Waals surface area contributed by atoms with Crippen LogP contribution in [0, 0.1) is 12.3 Å². The Bertz CT molecular complexity index is 491. The SMILES string of the molecule is Cc1c(CC(C)(C)C(=O)O)ccc2c1OCCCO2. The summed E-state index contributed by atoms with van der Waals surface area (Å²) in [4.78, 5) is 11.2. The summed E-state index contributed by atoms with van der Waals surface area (Å²) in [5.74, 6) is 0.724. The molecule has 0 bridgehead atoms. The first kappa shape index (κ1) is 13.7. The van der Waals surface area contributed by atoms with Crippen molar-refractivity contribution in [1.29, 1.82) is 0 Å². The lowest BCUT2D eigenvalue weighted by molar-refractivity contribution is -0.146. The minimum Gasteiger partial charge on any atom is -0.490 e. The summed E-state index contributed by atoms with van der Waals surface area (Å²) in [6.07, 6.45) is 1.34. The van der Waals surface area contributed by atoms with Gasteiger partial charge in [-0.05, 0) is 44.4 Å². The van der Waals surface area contributed by atoms with Gasteiger partial charge >= 0.3 is 5.97 Å². The van der Waals surface area contributed by atoms with Crippen molar-refractivity contribution in [3.63, 3.8) is 0 Å². The van der Waals surface area contributed by atoms with Gasteiger partial charge in [-0.3, -0.25) is 4.79 Å². The van der Waals surface area contributed by atoms with Crippen LogP contribution in [0.5, 0.6) is 11.5 Å². The predicted octanol–water partition coefficient (Wildman–Crippen LogP) is 2.81. The first-order valence-corrected chi connectivity index (χ1v) is 6.53. The summed E-state index contributed by atoms with van der Waals surface area (Å²) in [7, 11) is 0. The van der Waals surface area contributed by atoms with Crippen LogP contribution in [0.2, 0.25) is 0 Å². The molecule has 0 atom stereocenters. The van der Waals surface area contributed by atoms with Crippen LogP contribution in [0.15, 0.2) is 12.1 Å². The van der Waals surface area contributed by atoms with Crippen molar-refractivity contribution in [2.24, 2.45) is 5.41 Å². The zero-order valence-electron chi connectivity index (χ0n) is 11.7. The lowest BCUT2D eigenvalue weighted by Crippen LogP contribution is -2.26. The summed E-state index contributed by atoms with van der Waals surface area (Å²) < 4.78 is 11.3. The molecule has 1 heterocycles. The molecule has 19 heavy (non-hydrogen) atoms. The van der Waals surface area contributed by atoms with E-state index in [2.05, 4.69) is 0 Å². The highest BCUT2D eigenvalue weighted by atomic mass is 16.5. The van der Waals surface area contributed by atoms with E-state index in [-0.39, 0.29) is 0 Å². The van der Waals surface area contributed by atoms with Gasteiger partial charge in [-0.25, -0.2) is 0 Å². The minimum atomic E-state index is -0.793. The molecule has 2 rings (SSSR count). The third-order valence-electron chi connectivity index (χ3n) is 3.49. The van der Waals surface area contributed by atoms with Crippen LogP contribution in [0.4, 0.5) is 0 Å². The molecule has 104 valence electrons. The van der Waals surface area contributed by atoms with Crippen molar-refractivity contribution < 1.29 is 19.4 Å². The number of aliphatic carboxylic acids is 1. The molecule has 4 heteroatoms. The fourth-order valence-corrected chi connectivity index (χ4v) is 2.16. The number of fused-ring (bicyclic) bond motifs is 1. The number of hydrogen-bond acceptors (Lipinski definition) is 3. The second kappa shape index (κ2) is 5.11. The molecular weight excluding hydrogens is 244 g/mol. The number of hydrogen-bond donors (Lipinski definition) is 1. The lowest BCUT2D eigenvalue weighted by Gasteiger charge is -2.21. The fourth-order valence-electron chi connectivity index (χ4n) is 2.16. The molecule has 0 radical (unpaired) electrons. The lowest BCUT2D eigenvalue weighted by atomic mass is 9.84. The Labute approximate surface area is 113 Å². The Morgan fingerprint density at radius 3 is 2.68 bits per heavy atom. The van der Waals surface area contributed by atoms with E-state index in [0.29, 0.717) is 19.6 Å². The van der Waals surface area contributed by atoms with Gasteiger partial charge < -0.3 is 14.6 Å². The quantitative estimate of drug-likeness (QED) is 0.912. The van der Waals surface area contributed by atoms with Crippen molar-refractivity contribution in [2.45, 2.75) is 33.6 Å². The van der Waals surface area contributed by atoms with Gasteiger partial charge in [-0.1, -0.05) is 6.07 Å². The summed E-state index contributed by atoms with van der Waals surface area (Å²) in [5, 5.41) is 9.22. The van der Waals surface area contributed by atoms with Gasteiger partial charge in [0.05, 0.1) is 18.6 Å². The number of ether oxygens (including phenoxy) is 2. The molecule has 1 aromatic carbocycles. The topological polar surface area (TPSA) is 55.8 Å². The summed E-state index contributed by atoms with van der Waals surface area (Å²) in [6.45, 7) is 6.72. The molecule has 0 aliphatic carbocycles. The maximum absolute atomic E-state index is 11.2. The summed E-state index contributed by atoms with van der Waals surface area (Å²) in [6, 6.07) is 3.81. The Hall–Kier alpha value is -1.71. The molecular formula is C15H20O4. The van der Waals surface area contributed by atoms with E-state index in [9.17, 15) is 9.90 Å². The molecule has 0 saturated carbocycles. The number of carboxylic acids is 1. The molecule has 0 saturated heterocycles. The molecule has 4 nitrogen and oxygen atoms in total. The monoisotopic (exact) mass is 264 g/mol. The maximum atomic E-state index is 11.2. The third kappa shape index (κ3) is 2.83. The fraction of sp³-hybridized carbons (Fsp3) is 0.533. The van der Waals surface area contributed by atoms with Gasteiger partial charge in [-0.2, -0.15) is 0 Å². The molecule has 0 spiro atoms. The van der Waals surface area contributed by atoms with Crippen molar-refractivity contribution in [1.82, 2.24) is 0 Å². The van der Waals surface area contributed by atoms with E-state index in [1.54, 1.807) is 13.8 Å². The van der Waals surface area contributed by atoms with E-state index in [0.717, 1.165) is 29.0 Å². The predicted molar refractivity (Wildman–Crippen MR) is 71.9 cm³/mol. The number of rotatable bonds is 3. The molecule has 0 fully saturated rings. The molecule has 0 aromatic heterocycles. The number of benzene rings is 1. The van der Waals surface area contributed by atoms with E-state index in [1.165, 1.54) is 0 Å². The van der Waals surface area contributed by atoms with Crippen molar-refractivity contribution >= 4 is 5.97 Å². The standard InChI is InChI=1S/C15H20O4/c1-10-11(9-15(2,3)14(16)17)5-6-12-13(10)19-8-4-7-18-12/h5-6H,4,7-9H2,1-3H3,(H,16,17). The molecule has 1 N–H and O–H groups in total. The third-order valence-corrected chi connectivity index (χ3v) is 3.49. The summed E-state index contributed by atoms with van der Waals surface area (Å²) in [5.41, 5.74) is 1.19. The van der Waals surface area contributed by atoms with Crippen LogP contribution in [-0.2, 0) is 11.2 Å². The van der Waals surface area contributed by atoms with Crippen molar-refractivity contribution in [2.75, 3.05) is 13.2 Å². The van der Waals surface area contributed by atoms with E-state index in [1.807, 2.05) is 19.1 Å². The Morgan fingerprint density at radius 1 is 1.32 bits per heavy atom. The molecule has 1 aliphatic rings. The van der Waals surface area contributed by atoms with Crippen LogP contribution < -0.4 is 9.47 Å². The second-order valence-corrected chi connectivity index (χ2v) is 5.59. The highest BCUT2D eigenvalue weighted by molar-refractivity contribution is 5.74. The van der Waals surface area contributed by atoms with E-state index < -0.39 is 11.4 Å². The zero-order valence-corrected chi connectivity index (χ0v) is 11.7. The molecule has 0 unspecified atom stereocenters. The van der Waals surface area contributed by atoms with Gasteiger partial charge in [0, 0.05) is 6.42 Å². The van der Waals surface area contributed by atoms with Crippen molar-refractivity contribution in [3.8, 4) is 11.5 Å². The molecule has 1 aliphatic heterocycles. The first-order chi connectivity index (χ1) is 8.92. The second-order valence-electron chi connectivity index (χ2n) is 5.59. The number of carbonyl (C=O) groups is 1. The average molecular weight is 264 g/mol. The van der Waals surface area contributed by atoms with E-state index >= 15 is 0 Å². The van der Waals surface area contributed by atoms with Gasteiger partial charge in [0.2, 0.25) is 0 Å². The first-order valence-electron chi connectivity index (χ1n) is 6.53. The van der Waals surface area contributed by atoms with Crippen LogP contribution in [0.3, 0.4) is 0 Å². The van der Waals surface area contributed by atoms with Crippen LogP contribution >= 0.6 is 0 Å². The Balaban J connectivity index is 2.33. The highest BCUT2D eigenvalue weighted by Crippen LogP contribution is 2.37. The Morgan fingerprint density at radius 2 is 2.00 bits per heavy atom. The Kier molecular flexibility index (Phi) is 3.69. The van der Waals surface area contributed by atoms with Gasteiger partial charge in [0.1, 0.15) is 0 Å². The summed E-state index contributed by atoms with van der Waals surface area (Å²) >= 11 is 0. The van der Waals surface area contributed by atoms with Gasteiger partial charge in [-0.15, -0.1) is 0 Å². The molecule has 0 amide bonds. The van der Waals surface area contributed by atoms with Crippen LogP contribution in [0.25, 0.3) is 0 Å². The maximum Gasteiger partial charge on any atom is 0.309 e. The smallest absolute Gasteiger partial charge is 0.309 e. The van der Waals surface area contributed by atoms with E-state index in [4.69, 9.17) is 9.47 Å². The van der Waals surface area contributed by atoms with Crippen molar-refractivity contribution in [3.05, 3.63) is 23.3 Å². The average Bonchev–Trinajstić information content (AvgIpc) is 2.58. The van der Waals surface area contributed by atoms with Gasteiger partial charge in [0.25, 0.3) is 0 Å². The van der Waals surface area contributed by atoms with Crippen LogP contribution in [0.1, 0.15) is 31.4 Å². The number of carboxylic acid groups (broad SMARTS) is 1. The normalized spacial score (nSPS) is 14.9. The largest absolute Gasteiger partial charge is 0.490 e. The van der Waals surface area contributed by atoms with Gasteiger partial charge in [0.15, 0.2) is 11.5 Å². The zero-order chi connectivity index (χ0) is 14.0. The molecule has 1 aromatic rings.